The van der Waals surface area contributed by atoms with Crippen LogP contribution in [0.25, 0.3) is 0 Å². The SMILES string of the molecule is CC(C)C[C@@H]1NC(=O)[C@@H](Cc2ccccc2)CC(=O)[C@H](CCN)NC(=O)[C@@H](CC(=O)[C@H](CCN)NC(=O)[C@@H](CC(=O)CCC(C)(C)N)C(C)O)CCNC(=O)[C@H](C(C)O)CC(=O)[C@H](CCN)NC(=O)[C@H](CCN)NC1=O. The van der Waals surface area contributed by atoms with Crippen molar-refractivity contribution in [2.24, 2.45) is 58.3 Å². The maximum atomic E-state index is 14.5. The lowest BCUT2D eigenvalue weighted by Gasteiger charge is -2.28. The highest BCUT2D eigenvalue weighted by Gasteiger charge is 2.37. The van der Waals surface area contributed by atoms with Crippen molar-refractivity contribution in [3.63, 3.8) is 0 Å². The molecule has 1 aliphatic heterocycles. The molecule has 0 aliphatic carbocycles. The molecular formula is C53H89N11O12. The third kappa shape index (κ3) is 23.8. The topological polar surface area (TPSA) is 413 Å². The molecule has 1 saturated heterocycles. The normalized spacial score (nSPS) is 24.0. The Hall–Kier alpha value is -5.56. The fraction of sp³-hybridized carbons (Fsp3) is 0.698. The van der Waals surface area contributed by atoms with Gasteiger partial charge in [0.15, 0.2) is 17.3 Å². The molecule has 18 N–H and O–H groups in total. The van der Waals surface area contributed by atoms with Crippen LogP contribution in [0.4, 0.5) is 0 Å². The lowest BCUT2D eigenvalue weighted by molar-refractivity contribution is -0.137. The Balaban J connectivity index is 2.73. The molecule has 2 rings (SSSR count). The van der Waals surface area contributed by atoms with Crippen LogP contribution in [-0.4, -0.2) is 149 Å². The van der Waals surface area contributed by atoms with Gasteiger partial charge in [-0.05, 0) is 117 Å². The van der Waals surface area contributed by atoms with Crippen LogP contribution in [0.15, 0.2) is 30.3 Å². The van der Waals surface area contributed by atoms with Crippen molar-refractivity contribution in [3.05, 3.63) is 35.9 Å². The Kier molecular flexibility index (Phi) is 29.4. The number of ketones is 4. The second kappa shape index (κ2) is 33.6. The molecule has 76 heavy (non-hydrogen) atoms. The summed E-state index contributed by atoms with van der Waals surface area (Å²) in [6, 6.07) is 2.42. The third-order valence-corrected chi connectivity index (χ3v) is 13.4. The molecule has 23 heteroatoms. The molecule has 6 amide bonds. The molecule has 0 aromatic heterocycles. The predicted octanol–water partition coefficient (Wildman–Crippen LogP) is -1.81. The van der Waals surface area contributed by atoms with Gasteiger partial charge in [0, 0.05) is 56.0 Å². The fourth-order valence-electron chi connectivity index (χ4n) is 8.87. The standard InChI is InChI=1S/C53H89N11O12/c1-30(2)24-43-52(76)63-42(16-22-57)51(75)62-41(15-21-56)46(70)29-38(32(4)66)49(73)59-23-17-34(26-44(68)40(14-20-55)61-50(74)37(31(3)65)28-36(67)12-18-53(5,6)58)47(71)60-39(13-19-54)45(69)27-35(48(72)64-43)25-33-10-8-7-9-11-33/h7-11,30-32,34-35,37-43,65-66H,12-29,54-58H2,1-6H3,(H,59,73)(H,60,71)(H,61,74)(H,62,75)(H,63,76)(H,64,72)/t31?,32?,34-,35+,37+,38+,39+,40+,41+,42+,43+/m1/s1. The van der Waals surface area contributed by atoms with Gasteiger partial charge in [-0.1, -0.05) is 44.2 Å². The Bertz CT molecular complexity index is 2080. The minimum absolute atomic E-state index is 0.0287. The van der Waals surface area contributed by atoms with Gasteiger partial charge in [-0.3, -0.25) is 47.9 Å². The molecule has 1 aromatic carbocycles. The molecule has 1 fully saturated rings. The molecule has 1 aromatic rings. The van der Waals surface area contributed by atoms with E-state index < -0.39 is 144 Å². The van der Waals surface area contributed by atoms with Crippen LogP contribution < -0.4 is 60.6 Å². The smallest absolute Gasteiger partial charge is 0.243 e. The van der Waals surface area contributed by atoms with Gasteiger partial charge < -0.3 is 70.8 Å². The van der Waals surface area contributed by atoms with Crippen molar-refractivity contribution < 1.29 is 58.2 Å². The first-order valence-corrected chi connectivity index (χ1v) is 26.6. The quantitative estimate of drug-likeness (QED) is 0.0543. The van der Waals surface area contributed by atoms with E-state index in [0.29, 0.717) is 12.0 Å². The number of aliphatic hydroxyl groups excluding tert-OH is 2. The number of carbonyl (C=O) groups excluding carboxylic acids is 10. The number of nitrogens with one attached hydrogen (secondary N) is 6. The first-order valence-electron chi connectivity index (χ1n) is 26.6. The minimum Gasteiger partial charge on any atom is -0.393 e. The van der Waals surface area contributed by atoms with Gasteiger partial charge in [-0.2, -0.15) is 0 Å². The summed E-state index contributed by atoms with van der Waals surface area (Å²) in [7, 11) is 0. The predicted molar refractivity (Wildman–Crippen MR) is 285 cm³/mol. The molecule has 0 bridgehead atoms. The summed E-state index contributed by atoms with van der Waals surface area (Å²) in [4.78, 5) is 140. The van der Waals surface area contributed by atoms with E-state index >= 15 is 0 Å². The highest BCUT2D eigenvalue weighted by atomic mass is 16.3. The molecule has 11 atom stereocenters. The van der Waals surface area contributed by atoms with E-state index in [9.17, 15) is 58.2 Å². The number of rotatable bonds is 24. The molecule has 0 spiro atoms. The van der Waals surface area contributed by atoms with Crippen LogP contribution in [0, 0.1) is 29.6 Å². The summed E-state index contributed by atoms with van der Waals surface area (Å²) in [5.41, 5.74) is 29.7. The maximum Gasteiger partial charge on any atom is 0.243 e. The fourth-order valence-corrected chi connectivity index (χ4v) is 8.87. The Labute approximate surface area is 447 Å². The molecule has 2 unspecified atom stereocenters. The van der Waals surface area contributed by atoms with E-state index in [1.807, 2.05) is 13.8 Å². The number of hydrogen-bond donors (Lipinski definition) is 13. The lowest BCUT2D eigenvalue weighted by Crippen LogP contribution is -2.57. The number of nitrogens with two attached hydrogens (primary N) is 5. The Morgan fingerprint density at radius 3 is 1.76 bits per heavy atom. The summed E-state index contributed by atoms with van der Waals surface area (Å²) < 4.78 is 0. The number of carbonyl (C=O) groups is 10. The second-order valence-electron chi connectivity index (χ2n) is 21.3. The number of Topliss-reactive ketones (excluding diaryl/α,β-unsaturated/α-hetero) is 4. The maximum absolute atomic E-state index is 14.5. The monoisotopic (exact) mass is 1070 g/mol. The number of hydrogen-bond acceptors (Lipinski definition) is 17. The summed E-state index contributed by atoms with van der Waals surface area (Å²) in [5.74, 6) is -12.2. The molecule has 1 heterocycles. The largest absolute Gasteiger partial charge is 0.393 e. The Morgan fingerprint density at radius 1 is 0.697 bits per heavy atom. The summed E-state index contributed by atoms with van der Waals surface area (Å²) in [6.45, 7) is 9.10. The third-order valence-electron chi connectivity index (χ3n) is 13.4. The minimum atomic E-state index is -1.41. The van der Waals surface area contributed by atoms with Crippen LogP contribution in [0.5, 0.6) is 0 Å². The van der Waals surface area contributed by atoms with Crippen molar-refractivity contribution in [1.82, 2.24) is 31.9 Å². The van der Waals surface area contributed by atoms with Crippen LogP contribution >= 0.6 is 0 Å². The highest BCUT2D eigenvalue weighted by Crippen LogP contribution is 2.21. The molecule has 1 aliphatic rings. The lowest BCUT2D eigenvalue weighted by atomic mass is 9.88. The zero-order chi connectivity index (χ0) is 57.3. The van der Waals surface area contributed by atoms with Crippen molar-refractivity contribution in [3.8, 4) is 0 Å². The van der Waals surface area contributed by atoms with Crippen molar-refractivity contribution >= 4 is 58.6 Å². The number of benzene rings is 1. The van der Waals surface area contributed by atoms with Crippen molar-refractivity contribution in [1.29, 1.82) is 0 Å². The van der Waals surface area contributed by atoms with Crippen molar-refractivity contribution in [2.45, 2.75) is 173 Å². The number of aliphatic hydroxyl groups is 2. The first-order chi connectivity index (χ1) is 35.7. The van der Waals surface area contributed by atoms with Crippen LogP contribution in [0.3, 0.4) is 0 Å². The van der Waals surface area contributed by atoms with Gasteiger partial charge in [0.2, 0.25) is 35.4 Å². The van der Waals surface area contributed by atoms with Gasteiger partial charge in [-0.25, -0.2) is 0 Å². The first kappa shape index (κ1) is 66.6. The van der Waals surface area contributed by atoms with Crippen molar-refractivity contribution in [2.75, 3.05) is 32.7 Å². The van der Waals surface area contributed by atoms with E-state index in [0.717, 1.165) is 0 Å². The zero-order valence-electron chi connectivity index (χ0n) is 45.4. The van der Waals surface area contributed by atoms with E-state index in [1.54, 1.807) is 44.2 Å². The van der Waals surface area contributed by atoms with Crippen LogP contribution in [0.1, 0.15) is 124 Å². The molecule has 428 valence electrons. The highest BCUT2D eigenvalue weighted by molar-refractivity contribution is 5.98. The molecular weight excluding hydrogens is 983 g/mol. The van der Waals surface area contributed by atoms with Gasteiger partial charge in [0.25, 0.3) is 0 Å². The molecule has 0 saturated carbocycles. The second-order valence-corrected chi connectivity index (χ2v) is 21.3. The average Bonchev–Trinajstić information content (AvgIpc) is 3.34. The van der Waals surface area contributed by atoms with Gasteiger partial charge in [0.05, 0.1) is 42.2 Å². The van der Waals surface area contributed by atoms with E-state index in [-0.39, 0.29) is 102 Å². The van der Waals surface area contributed by atoms with Gasteiger partial charge in [-0.15, -0.1) is 0 Å². The molecule has 0 radical (unpaired) electrons. The Morgan fingerprint density at radius 2 is 1.22 bits per heavy atom. The van der Waals surface area contributed by atoms with E-state index in [2.05, 4.69) is 31.9 Å². The molecule has 23 nitrogen and oxygen atoms in total. The zero-order valence-corrected chi connectivity index (χ0v) is 45.4. The average molecular weight is 1070 g/mol. The van der Waals surface area contributed by atoms with Gasteiger partial charge >= 0.3 is 0 Å². The summed E-state index contributed by atoms with van der Waals surface area (Å²) in [5, 5.41) is 37.4. The van der Waals surface area contributed by atoms with E-state index in [4.69, 9.17) is 28.7 Å². The summed E-state index contributed by atoms with van der Waals surface area (Å²) >= 11 is 0. The van der Waals surface area contributed by atoms with E-state index in [1.165, 1.54) is 13.8 Å². The van der Waals surface area contributed by atoms with Crippen LogP contribution in [0.2, 0.25) is 0 Å². The van der Waals surface area contributed by atoms with Gasteiger partial charge in [0.1, 0.15) is 17.9 Å². The summed E-state index contributed by atoms with van der Waals surface area (Å²) in [6.07, 6.45) is -4.79. The number of amides is 6. The van der Waals surface area contributed by atoms with Crippen LogP contribution in [-0.2, 0) is 54.4 Å².